The number of ether oxygens (including phenoxy) is 2. The van der Waals surface area contributed by atoms with Crippen LogP contribution in [0, 0.1) is 13.8 Å². The molecule has 3 aromatic rings. The second-order valence-electron chi connectivity index (χ2n) is 6.39. The van der Waals surface area contributed by atoms with Gasteiger partial charge in [0.2, 0.25) is 5.76 Å². The number of hydrogen-bond donors (Lipinski definition) is 1. The second-order valence-corrected chi connectivity index (χ2v) is 7.30. The first kappa shape index (κ1) is 21.3. The van der Waals surface area contributed by atoms with Crippen LogP contribution in [0.1, 0.15) is 27.2 Å². The Morgan fingerprint density at radius 2 is 1.83 bits per heavy atom. The minimum atomic E-state index is -0.579. The molecule has 0 aliphatic carbocycles. The van der Waals surface area contributed by atoms with Crippen molar-refractivity contribution >= 4 is 34.0 Å². The average Bonchev–Trinajstić information content (AvgIpc) is 3.23. The van der Waals surface area contributed by atoms with E-state index in [0.29, 0.717) is 17.1 Å². The van der Waals surface area contributed by atoms with E-state index in [0.717, 1.165) is 15.6 Å². The first-order valence-corrected chi connectivity index (χ1v) is 9.79. The maximum atomic E-state index is 12.0. The van der Waals surface area contributed by atoms with E-state index in [4.69, 9.17) is 13.9 Å². The smallest absolute Gasteiger partial charge is 0.379 e. The third-order valence-electron chi connectivity index (χ3n) is 3.99. The standard InChI is InChI=1S/C22H19BrN2O5/c1-14-10-17(23)11-15(2)21(14)29-13-20(26)25-24-12-16-5-7-18(8-6-16)30-22(27)19-4-3-9-28-19/h3-12H,13H2,1-2H3,(H,25,26)/b24-12-. The number of esters is 1. The molecule has 1 N–H and O–H groups in total. The molecule has 0 atom stereocenters. The molecule has 0 saturated heterocycles. The lowest BCUT2D eigenvalue weighted by atomic mass is 10.1. The fourth-order valence-corrected chi connectivity index (χ4v) is 3.33. The number of aryl methyl sites for hydroxylation is 2. The van der Waals surface area contributed by atoms with Gasteiger partial charge in [-0.2, -0.15) is 5.10 Å². The minimum absolute atomic E-state index is 0.124. The number of benzene rings is 2. The molecule has 154 valence electrons. The first-order valence-electron chi connectivity index (χ1n) is 8.99. The number of nitrogens with zero attached hydrogens (tertiary/aromatic N) is 1. The average molecular weight is 471 g/mol. The molecule has 0 fully saturated rings. The van der Waals surface area contributed by atoms with E-state index in [1.54, 1.807) is 30.3 Å². The number of furan rings is 1. The molecule has 30 heavy (non-hydrogen) atoms. The van der Waals surface area contributed by atoms with E-state index in [1.165, 1.54) is 18.5 Å². The van der Waals surface area contributed by atoms with Gasteiger partial charge in [-0.15, -0.1) is 0 Å². The lowest BCUT2D eigenvalue weighted by molar-refractivity contribution is -0.123. The quantitative estimate of drug-likeness (QED) is 0.239. The van der Waals surface area contributed by atoms with E-state index in [9.17, 15) is 9.59 Å². The van der Waals surface area contributed by atoms with Crippen LogP contribution in [0.4, 0.5) is 0 Å². The zero-order chi connectivity index (χ0) is 21.5. The fraction of sp³-hybridized carbons (Fsp3) is 0.136. The molecule has 1 amide bonds. The van der Waals surface area contributed by atoms with Gasteiger partial charge in [-0.25, -0.2) is 10.2 Å². The van der Waals surface area contributed by atoms with Gasteiger partial charge >= 0.3 is 5.97 Å². The monoisotopic (exact) mass is 470 g/mol. The van der Waals surface area contributed by atoms with Crippen LogP contribution in [-0.4, -0.2) is 24.7 Å². The maximum absolute atomic E-state index is 12.0. The van der Waals surface area contributed by atoms with Gasteiger partial charge in [0, 0.05) is 4.47 Å². The van der Waals surface area contributed by atoms with Crippen molar-refractivity contribution in [1.29, 1.82) is 0 Å². The zero-order valence-electron chi connectivity index (χ0n) is 16.3. The Bertz CT molecular complexity index is 1040. The van der Waals surface area contributed by atoms with Crippen molar-refractivity contribution in [3.8, 4) is 11.5 Å². The van der Waals surface area contributed by atoms with Gasteiger partial charge in [0.15, 0.2) is 6.61 Å². The van der Waals surface area contributed by atoms with Gasteiger partial charge in [0.25, 0.3) is 5.91 Å². The summed E-state index contributed by atoms with van der Waals surface area (Å²) in [6, 6.07) is 13.6. The van der Waals surface area contributed by atoms with Gasteiger partial charge in [-0.1, -0.05) is 15.9 Å². The summed E-state index contributed by atoms with van der Waals surface area (Å²) >= 11 is 3.43. The summed E-state index contributed by atoms with van der Waals surface area (Å²) in [6.45, 7) is 3.68. The molecular formula is C22H19BrN2O5. The highest BCUT2D eigenvalue weighted by molar-refractivity contribution is 9.10. The second kappa shape index (κ2) is 9.89. The van der Waals surface area contributed by atoms with E-state index >= 15 is 0 Å². The van der Waals surface area contributed by atoms with Crippen molar-refractivity contribution in [3.63, 3.8) is 0 Å². The molecule has 1 aromatic heterocycles. The van der Waals surface area contributed by atoms with Crippen LogP contribution in [0.3, 0.4) is 0 Å². The Hall–Kier alpha value is -3.39. The van der Waals surface area contributed by atoms with Crippen molar-refractivity contribution < 1.29 is 23.5 Å². The first-order chi connectivity index (χ1) is 14.4. The molecule has 0 aliphatic rings. The van der Waals surface area contributed by atoms with Crippen LogP contribution in [-0.2, 0) is 4.79 Å². The van der Waals surface area contributed by atoms with Gasteiger partial charge in [-0.3, -0.25) is 4.79 Å². The molecule has 0 saturated carbocycles. The fourth-order valence-electron chi connectivity index (χ4n) is 2.65. The predicted molar refractivity (Wildman–Crippen MR) is 115 cm³/mol. The number of halogens is 1. The molecule has 0 aliphatic heterocycles. The molecule has 1 heterocycles. The summed E-state index contributed by atoms with van der Waals surface area (Å²) in [6.07, 6.45) is 2.88. The minimum Gasteiger partial charge on any atom is -0.483 e. The Kier molecular flexibility index (Phi) is 7.03. The molecule has 7 nitrogen and oxygen atoms in total. The van der Waals surface area contributed by atoms with Crippen molar-refractivity contribution in [1.82, 2.24) is 5.43 Å². The van der Waals surface area contributed by atoms with Crippen molar-refractivity contribution in [2.45, 2.75) is 13.8 Å². The zero-order valence-corrected chi connectivity index (χ0v) is 17.9. The SMILES string of the molecule is Cc1cc(Br)cc(C)c1OCC(=O)N/N=C\c1ccc(OC(=O)c2ccco2)cc1. The molecule has 0 spiro atoms. The number of carbonyl (C=O) groups is 2. The van der Waals surface area contributed by atoms with Crippen LogP contribution < -0.4 is 14.9 Å². The lowest BCUT2D eigenvalue weighted by Gasteiger charge is -2.11. The number of rotatable bonds is 7. The van der Waals surface area contributed by atoms with E-state index in [-0.39, 0.29) is 18.3 Å². The van der Waals surface area contributed by atoms with Gasteiger partial charge < -0.3 is 13.9 Å². The highest BCUT2D eigenvalue weighted by atomic mass is 79.9. The largest absolute Gasteiger partial charge is 0.483 e. The molecule has 2 aromatic carbocycles. The third kappa shape index (κ3) is 5.81. The van der Waals surface area contributed by atoms with Gasteiger partial charge in [0.1, 0.15) is 11.5 Å². The van der Waals surface area contributed by atoms with E-state index < -0.39 is 5.97 Å². The normalized spacial score (nSPS) is 10.8. The topological polar surface area (TPSA) is 90.1 Å². The Morgan fingerprint density at radius 1 is 1.13 bits per heavy atom. The molecule has 8 heteroatoms. The molecule has 0 bridgehead atoms. The summed E-state index contributed by atoms with van der Waals surface area (Å²) in [4.78, 5) is 23.8. The molecule has 3 rings (SSSR count). The summed E-state index contributed by atoms with van der Waals surface area (Å²) in [5.41, 5.74) is 5.00. The van der Waals surface area contributed by atoms with E-state index in [1.807, 2.05) is 26.0 Å². The molecular weight excluding hydrogens is 452 g/mol. The Labute approximate surface area is 181 Å². The van der Waals surface area contributed by atoms with E-state index in [2.05, 4.69) is 26.5 Å². The summed E-state index contributed by atoms with van der Waals surface area (Å²) in [7, 11) is 0. The van der Waals surface area contributed by atoms with Crippen LogP contribution >= 0.6 is 15.9 Å². The van der Waals surface area contributed by atoms with Gasteiger partial charge in [0.05, 0.1) is 12.5 Å². The Morgan fingerprint density at radius 3 is 2.47 bits per heavy atom. The number of amides is 1. The summed E-state index contributed by atoms with van der Waals surface area (Å²) in [5.74, 6) is 0.212. The van der Waals surface area contributed by atoms with Crippen molar-refractivity contribution in [3.05, 3.63) is 81.7 Å². The Balaban J connectivity index is 1.48. The summed E-state index contributed by atoms with van der Waals surface area (Å²) in [5, 5.41) is 3.91. The van der Waals surface area contributed by atoms with Crippen LogP contribution in [0.25, 0.3) is 0 Å². The summed E-state index contributed by atoms with van der Waals surface area (Å²) < 4.78 is 16.7. The lowest BCUT2D eigenvalue weighted by Crippen LogP contribution is -2.25. The number of hydrazone groups is 1. The highest BCUT2D eigenvalue weighted by Gasteiger charge is 2.11. The van der Waals surface area contributed by atoms with Crippen LogP contribution in [0.15, 0.2) is 68.8 Å². The number of carbonyl (C=O) groups excluding carboxylic acids is 2. The maximum Gasteiger partial charge on any atom is 0.379 e. The predicted octanol–water partition coefficient (Wildman–Crippen LogP) is 4.41. The highest BCUT2D eigenvalue weighted by Crippen LogP contribution is 2.27. The number of nitrogens with one attached hydrogen (secondary N) is 1. The molecule has 0 unspecified atom stereocenters. The third-order valence-corrected chi connectivity index (χ3v) is 4.45. The molecule has 0 radical (unpaired) electrons. The van der Waals surface area contributed by atoms with Crippen LogP contribution in [0.2, 0.25) is 0 Å². The van der Waals surface area contributed by atoms with Crippen molar-refractivity contribution in [2.75, 3.05) is 6.61 Å². The number of hydrogen-bond acceptors (Lipinski definition) is 6. The van der Waals surface area contributed by atoms with Gasteiger partial charge in [-0.05, 0) is 79.1 Å². The van der Waals surface area contributed by atoms with Crippen LogP contribution in [0.5, 0.6) is 11.5 Å². The van der Waals surface area contributed by atoms with Crippen molar-refractivity contribution in [2.24, 2.45) is 5.10 Å².